The topological polar surface area (TPSA) is 54.1 Å². The maximum absolute atomic E-state index is 11.3. The van der Waals surface area contributed by atoms with Gasteiger partial charge in [-0.25, -0.2) is 4.79 Å². The molecule has 2 rings (SSSR count). The largest absolute Gasteiger partial charge is 0.464 e. The molecule has 0 bridgehead atoms. The lowest BCUT2D eigenvalue weighted by atomic mass is 10.0. The molecule has 2 N–H and O–H groups in total. The van der Waals surface area contributed by atoms with Gasteiger partial charge in [0.15, 0.2) is 0 Å². The molecule has 0 radical (unpaired) electrons. The van der Waals surface area contributed by atoms with Crippen molar-refractivity contribution >= 4 is 11.7 Å². The highest BCUT2D eigenvalue weighted by Gasteiger charge is 2.07. The molecule has 0 amide bonds. The van der Waals surface area contributed by atoms with Crippen LogP contribution < -0.4 is 5.32 Å². The van der Waals surface area contributed by atoms with Crippen molar-refractivity contribution in [2.45, 2.75) is 26.3 Å². The van der Waals surface area contributed by atoms with E-state index in [-0.39, 0.29) is 5.97 Å². The summed E-state index contributed by atoms with van der Waals surface area (Å²) in [5, 5.41) is 3.31. The number of methoxy groups -OCH3 is 1. The van der Waals surface area contributed by atoms with Gasteiger partial charge in [0.1, 0.15) is 5.69 Å². The summed E-state index contributed by atoms with van der Waals surface area (Å²) in [7, 11) is 1.37. The number of aromatic amines is 1. The van der Waals surface area contributed by atoms with Gasteiger partial charge in [-0.05, 0) is 35.7 Å². The normalized spacial score (nSPS) is 10.6. The van der Waals surface area contributed by atoms with E-state index in [1.165, 1.54) is 12.7 Å². The fourth-order valence-corrected chi connectivity index (χ4v) is 1.96. The molecule has 0 fully saturated rings. The van der Waals surface area contributed by atoms with Crippen LogP contribution in [0.5, 0.6) is 0 Å². The van der Waals surface area contributed by atoms with Gasteiger partial charge < -0.3 is 15.0 Å². The molecule has 0 atom stereocenters. The first-order valence-corrected chi connectivity index (χ1v) is 6.70. The molecular weight excluding hydrogens is 252 g/mol. The van der Waals surface area contributed by atoms with E-state index in [4.69, 9.17) is 0 Å². The number of aromatic nitrogens is 1. The maximum atomic E-state index is 11.3. The number of H-pyrrole nitrogens is 1. The summed E-state index contributed by atoms with van der Waals surface area (Å²) in [6.45, 7) is 4.99. The zero-order valence-corrected chi connectivity index (χ0v) is 12.1. The van der Waals surface area contributed by atoms with Crippen molar-refractivity contribution in [1.82, 2.24) is 4.98 Å². The molecule has 0 aliphatic heterocycles. The second-order valence-corrected chi connectivity index (χ2v) is 5.02. The minimum absolute atomic E-state index is 0.350. The quantitative estimate of drug-likeness (QED) is 0.819. The van der Waals surface area contributed by atoms with Gasteiger partial charge in [0, 0.05) is 11.4 Å². The van der Waals surface area contributed by atoms with E-state index >= 15 is 0 Å². The Morgan fingerprint density at radius 1 is 1.20 bits per heavy atom. The Bertz CT molecular complexity index is 570. The second-order valence-electron chi connectivity index (χ2n) is 5.02. The Morgan fingerprint density at radius 2 is 1.90 bits per heavy atom. The van der Waals surface area contributed by atoms with E-state index in [0.29, 0.717) is 18.2 Å². The van der Waals surface area contributed by atoms with Crippen molar-refractivity contribution in [2.75, 3.05) is 12.4 Å². The van der Waals surface area contributed by atoms with Crippen LogP contribution in [0.4, 0.5) is 5.69 Å². The Morgan fingerprint density at radius 3 is 2.50 bits per heavy atom. The summed E-state index contributed by atoms with van der Waals surface area (Å²) in [6.07, 6.45) is 0. The highest BCUT2D eigenvalue weighted by atomic mass is 16.5. The zero-order valence-electron chi connectivity index (χ0n) is 12.1. The van der Waals surface area contributed by atoms with Crippen LogP contribution in [-0.4, -0.2) is 18.1 Å². The number of hydrogen-bond donors (Lipinski definition) is 2. The molecule has 0 unspecified atom stereocenters. The Labute approximate surface area is 119 Å². The fourth-order valence-electron chi connectivity index (χ4n) is 1.96. The monoisotopic (exact) mass is 272 g/mol. The number of anilines is 1. The minimum Gasteiger partial charge on any atom is -0.464 e. The van der Waals surface area contributed by atoms with Crippen LogP contribution in [0.2, 0.25) is 0 Å². The first-order valence-electron chi connectivity index (χ1n) is 6.70. The number of benzene rings is 1. The minimum atomic E-state index is -0.350. The lowest BCUT2D eigenvalue weighted by molar-refractivity contribution is 0.0594. The zero-order chi connectivity index (χ0) is 14.5. The number of nitrogens with one attached hydrogen (secondary N) is 2. The predicted octanol–water partition coefficient (Wildman–Crippen LogP) is 3.54. The molecule has 20 heavy (non-hydrogen) atoms. The summed E-state index contributed by atoms with van der Waals surface area (Å²) in [4.78, 5) is 14.4. The van der Waals surface area contributed by atoms with Gasteiger partial charge in [-0.2, -0.15) is 0 Å². The van der Waals surface area contributed by atoms with E-state index in [2.05, 4.69) is 53.2 Å². The van der Waals surface area contributed by atoms with Gasteiger partial charge in [0.05, 0.1) is 13.7 Å². The Hall–Kier alpha value is -2.23. The number of carbonyl (C=O) groups excluding carboxylic acids is 1. The molecule has 4 heteroatoms. The average Bonchev–Trinajstić information content (AvgIpc) is 2.93. The highest BCUT2D eigenvalue weighted by molar-refractivity contribution is 5.87. The number of rotatable bonds is 5. The summed E-state index contributed by atoms with van der Waals surface area (Å²) in [6, 6.07) is 12.0. The van der Waals surface area contributed by atoms with Crippen LogP contribution in [0.1, 0.15) is 41.5 Å². The van der Waals surface area contributed by atoms with Crippen molar-refractivity contribution in [1.29, 1.82) is 0 Å². The molecule has 2 aromatic rings. The summed E-state index contributed by atoms with van der Waals surface area (Å²) in [5.74, 6) is 0.188. The van der Waals surface area contributed by atoms with Crippen molar-refractivity contribution < 1.29 is 9.53 Å². The SMILES string of the molecule is COC(=O)c1ccc(CNc2ccc(C(C)C)cc2)[nH]1. The second kappa shape index (κ2) is 6.28. The van der Waals surface area contributed by atoms with Crippen LogP contribution >= 0.6 is 0 Å². The number of carbonyl (C=O) groups is 1. The molecule has 1 heterocycles. The third-order valence-electron chi connectivity index (χ3n) is 3.21. The molecule has 0 aliphatic rings. The third-order valence-corrected chi connectivity index (χ3v) is 3.21. The van der Waals surface area contributed by atoms with Gasteiger partial charge in [0.25, 0.3) is 0 Å². The van der Waals surface area contributed by atoms with E-state index in [1.54, 1.807) is 6.07 Å². The third kappa shape index (κ3) is 3.41. The molecule has 1 aromatic heterocycles. The van der Waals surface area contributed by atoms with Gasteiger partial charge in [-0.15, -0.1) is 0 Å². The van der Waals surface area contributed by atoms with E-state index in [1.807, 2.05) is 6.07 Å². The molecule has 0 spiro atoms. The first kappa shape index (κ1) is 14.2. The Kier molecular flexibility index (Phi) is 4.45. The number of hydrogen-bond acceptors (Lipinski definition) is 3. The van der Waals surface area contributed by atoms with Crippen molar-refractivity contribution in [3.05, 3.63) is 53.3 Å². The highest BCUT2D eigenvalue weighted by Crippen LogP contribution is 2.17. The fraction of sp³-hybridized carbons (Fsp3) is 0.312. The maximum Gasteiger partial charge on any atom is 0.354 e. The van der Waals surface area contributed by atoms with Gasteiger partial charge in [0.2, 0.25) is 0 Å². The summed E-state index contributed by atoms with van der Waals surface area (Å²) in [5.41, 5.74) is 3.80. The van der Waals surface area contributed by atoms with Crippen molar-refractivity contribution in [2.24, 2.45) is 0 Å². The molecule has 0 aliphatic carbocycles. The average molecular weight is 272 g/mol. The standard InChI is InChI=1S/C16H20N2O2/c1-11(2)12-4-6-13(7-5-12)17-10-14-8-9-15(18-14)16(19)20-3/h4-9,11,17-18H,10H2,1-3H3. The molecule has 0 saturated carbocycles. The number of ether oxygens (including phenoxy) is 1. The van der Waals surface area contributed by atoms with Crippen LogP contribution in [-0.2, 0) is 11.3 Å². The van der Waals surface area contributed by atoms with E-state index in [9.17, 15) is 4.79 Å². The van der Waals surface area contributed by atoms with E-state index < -0.39 is 0 Å². The van der Waals surface area contributed by atoms with Gasteiger partial charge >= 0.3 is 5.97 Å². The van der Waals surface area contributed by atoms with Crippen LogP contribution in [0.15, 0.2) is 36.4 Å². The van der Waals surface area contributed by atoms with Crippen LogP contribution in [0.25, 0.3) is 0 Å². The smallest absolute Gasteiger partial charge is 0.354 e. The number of esters is 1. The summed E-state index contributed by atoms with van der Waals surface area (Å²) >= 11 is 0. The lowest BCUT2D eigenvalue weighted by Gasteiger charge is -2.08. The molecule has 0 saturated heterocycles. The van der Waals surface area contributed by atoms with E-state index in [0.717, 1.165) is 11.4 Å². The molecule has 1 aromatic carbocycles. The predicted molar refractivity (Wildman–Crippen MR) is 80.0 cm³/mol. The Balaban J connectivity index is 1.94. The van der Waals surface area contributed by atoms with Gasteiger partial charge in [-0.1, -0.05) is 26.0 Å². The van der Waals surface area contributed by atoms with Crippen molar-refractivity contribution in [3.8, 4) is 0 Å². The molecular formula is C16H20N2O2. The first-order chi connectivity index (χ1) is 9.60. The molecule has 4 nitrogen and oxygen atoms in total. The van der Waals surface area contributed by atoms with Gasteiger partial charge in [-0.3, -0.25) is 0 Å². The van der Waals surface area contributed by atoms with Crippen LogP contribution in [0, 0.1) is 0 Å². The molecule has 106 valence electrons. The van der Waals surface area contributed by atoms with Crippen LogP contribution in [0.3, 0.4) is 0 Å². The van der Waals surface area contributed by atoms with Crippen molar-refractivity contribution in [3.63, 3.8) is 0 Å². The summed E-state index contributed by atoms with van der Waals surface area (Å²) < 4.78 is 4.66. The lowest BCUT2D eigenvalue weighted by Crippen LogP contribution is -2.03.